The summed E-state index contributed by atoms with van der Waals surface area (Å²) in [7, 11) is 1.95. The molecule has 1 unspecified atom stereocenters. The van der Waals surface area contributed by atoms with Crippen molar-refractivity contribution in [1.82, 2.24) is 19.7 Å². The van der Waals surface area contributed by atoms with Crippen molar-refractivity contribution in [1.29, 1.82) is 0 Å². The number of aryl methyl sites for hydroxylation is 1. The summed E-state index contributed by atoms with van der Waals surface area (Å²) in [5, 5.41) is 9.68. The van der Waals surface area contributed by atoms with Gasteiger partial charge in [-0.3, -0.25) is 4.79 Å². The van der Waals surface area contributed by atoms with E-state index in [4.69, 9.17) is 4.74 Å². The average molecular weight is 409 g/mol. The molecule has 6 nitrogen and oxygen atoms in total. The number of halogens is 1. The zero-order chi connectivity index (χ0) is 17.3. The van der Waals surface area contributed by atoms with Gasteiger partial charge in [0.15, 0.2) is 5.65 Å². The van der Waals surface area contributed by atoms with Crippen LogP contribution >= 0.6 is 27.7 Å². The molecule has 2 aromatic heterocycles. The minimum atomic E-state index is -0.326. The Labute approximate surface area is 152 Å². The van der Waals surface area contributed by atoms with E-state index in [0.717, 1.165) is 26.5 Å². The molecule has 3 aromatic rings. The maximum Gasteiger partial charge on any atom is 0.319 e. The van der Waals surface area contributed by atoms with E-state index < -0.39 is 0 Å². The predicted molar refractivity (Wildman–Crippen MR) is 98.1 cm³/mol. The third-order valence-corrected chi connectivity index (χ3v) is 5.40. The molecule has 0 radical (unpaired) electrons. The van der Waals surface area contributed by atoms with Gasteiger partial charge < -0.3 is 9.30 Å². The van der Waals surface area contributed by atoms with Crippen LogP contribution in [0.2, 0.25) is 0 Å². The van der Waals surface area contributed by atoms with Gasteiger partial charge in [0.25, 0.3) is 0 Å². The van der Waals surface area contributed by atoms with Gasteiger partial charge in [-0.25, -0.2) is 4.98 Å². The molecule has 0 saturated carbocycles. The fourth-order valence-electron chi connectivity index (χ4n) is 2.53. The second kappa shape index (κ2) is 7.06. The van der Waals surface area contributed by atoms with Crippen molar-refractivity contribution in [3.05, 3.63) is 22.7 Å². The van der Waals surface area contributed by atoms with E-state index in [1.807, 2.05) is 36.7 Å². The second-order valence-corrected chi connectivity index (χ2v) is 7.34. The van der Waals surface area contributed by atoms with E-state index >= 15 is 0 Å². The second-order valence-electron chi connectivity index (χ2n) is 5.25. The zero-order valence-electron chi connectivity index (χ0n) is 13.6. The zero-order valence-corrected chi connectivity index (χ0v) is 16.0. The summed E-state index contributed by atoms with van der Waals surface area (Å²) in [6, 6.07) is 6.01. The van der Waals surface area contributed by atoms with Gasteiger partial charge in [-0.05, 0) is 31.5 Å². The Morgan fingerprint density at radius 1 is 1.38 bits per heavy atom. The highest BCUT2D eigenvalue weighted by atomic mass is 79.9. The molecule has 1 aromatic carbocycles. The Hall–Kier alpha value is -1.67. The van der Waals surface area contributed by atoms with Gasteiger partial charge in [0.05, 0.1) is 12.1 Å². The van der Waals surface area contributed by atoms with Crippen LogP contribution in [0.15, 0.2) is 27.8 Å². The van der Waals surface area contributed by atoms with Crippen molar-refractivity contribution >= 4 is 55.7 Å². The fourth-order valence-corrected chi connectivity index (χ4v) is 3.70. The van der Waals surface area contributed by atoms with Crippen LogP contribution in [0, 0.1) is 0 Å². The first-order chi connectivity index (χ1) is 11.5. The number of hydrogen-bond acceptors (Lipinski definition) is 6. The Bertz CT molecular complexity index is 912. The van der Waals surface area contributed by atoms with Crippen molar-refractivity contribution in [3.63, 3.8) is 0 Å². The number of rotatable bonds is 5. The first-order valence-corrected chi connectivity index (χ1v) is 9.34. The molecule has 8 heteroatoms. The summed E-state index contributed by atoms with van der Waals surface area (Å²) in [5.74, 6) is -0.241. The molecule has 24 heavy (non-hydrogen) atoms. The molecular weight excluding hydrogens is 392 g/mol. The van der Waals surface area contributed by atoms with Gasteiger partial charge in [-0.15, -0.1) is 10.2 Å². The predicted octanol–water partition coefficient (Wildman–Crippen LogP) is 3.71. The lowest BCUT2D eigenvalue weighted by Crippen LogP contribution is -2.19. The van der Waals surface area contributed by atoms with E-state index in [-0.39, 0.29) is 11.2 Å². The number of thioether (sulfide) groups is 1. The maximum absolute atomic E-state index is 12.0. The van der Waals surface area contributed by atoms with Crippen LogP contribution in [0.25, 0.3) is 22.1 Å². The fraction of sp³-hybridized carbons (Fsp3) is 0.375. The number of hydrogen-bond donors (Lipinski definition) is 0. The Balaban J connectivity index is 2.01. The molecule has 0 saturated heterocycles. The van der Waals surface area contributed by atoms with Crippen molar-refractivity contribution < 1.29 is 9.53 Å². The maximum atomic E-state index is 12.0. The summed E-state index contributed by atoms with van der Waals surface area (Å²) in [5.41, 5.74) is 2.54. The highest BCUT2D eigenvalue weighted by molar-refractivity contribution is 9.10. The quantitative estimate of drug-likeness (QED) is 0.473. The number of nitrogens with zero attached hydrogens (tertiary/aromatic N) is 4. The highest BCUT2D eigenvalue weighted by Crippen LogP contribution is 2.30. The van der Waals surface area contributed by atoms with Crippen molar-refractivity contribution in [2.24, 2.45) is 7.05 Å². The molecule has 2 heterocycles. The standard InChI is InChI=1S/C16H17BrN4O2S/c1-4-12(15(22)23-5-2)24-16-18-14-13(19-20-16)10-8-9(17)6-7-11(10)21(14)3/h6-8,12H,4-5H2,1-3H3. The van der Waals surface area contributed by atoms with Gasteiger partial charge in [0.2, 0.25) is 5.16 Å². The molecule has 0 fully saturated rings. The SMILES string of the molecule is CCOC(=O)C(CC)Sc1nnc2c3cc(Br)ccc3n(C)c2n1. The normalized spacial score (nSPS) is 12.7. The number of carbonyl (C=O) groups is 1. The number of ether oxygens (including phenoxy) is 1. The molecule has 126 valence electrons. The number of aromatic nitrogens is 4. The number of benzene rings is 1. The van der Waals surface area contributed by atoms with Gasteiger partial charge >= 0.3 is 5.97 Å². The molecule has 1 atom stereocenters. The van der Waals surface area contributed by atoms with E-state index in [0.29, 0.717) is 18.2 Å². The molecule has 0 spiro atoms. The molecular formula is C16H17BrN4O2S. The van der Waals surface area contributed by atoms with Crippen LogP contribution in [-0.2, 0) is 16.6 Å². The van der Waals surface area contributed by atoms with E-state index in [1.54, 1.807) is 6.92 Å². The van der Waals surface area contributed by atoms with Crippen LogP contribution in [0.3, 0.4) is 0 Å². The lowest BCUT2D eigenvalue weighted by atomic mass is 10.2. The lowest BCUT2D eigenvalue weighted by molar-refractivity contribution is -0.142. The van der Waals surface area contributed by atoms with E-state index in [2.05, 4.69) is 31.1 Å². The molecule has 0 N–H and O–H groups in total. The Morgan fingerprint density at radius 3 is 2.88 bits per heavy atom. The summed E-state index contributed by atoms with van der Waals surface area (Å²) < 4.78 is 8.06. The van der Waals surface area contributed by atoms with Gasteiger partial charge in [0, 0.05) is 16.9 Å². The first kappa shape index (κ1) is 17.2. The van der Waals surface area contributed by atoms with Crippen molar-refractivity contribution in [3.8, 4) is 0 Å². The third-order valence-electron chi connectivity index (χ3n) is 3.71. The number of esters is 1. The highest BCUT2D eigenvalue weighted by Gasteiger charge is 2.22. The van der Waals surface area contributed by atoms with Crippen LogP contribution in [0.4, 0.5) is 0 Å². The molecule has 3 rings (SSSR count). The molecule has 0 bridgehead atoms. The van der Waals surface area contributed by atoms with Crippen LogP contribution < -0.4 is 0 Å². The topological polar surface area (TPSA) is 69.9 Å². The van der Waals surface area contributed by atoms with Crippen LogP contribution in [-0.4, -0.2) is 37.6 Å². The smallest absolute Gasteiger partial charge is 0.319 e. The summed E-state index contributed by atoms with van der Waals surface area (Å²) in [6.45, 7) is 4.11. The Morgan fingerprint density at radius 2 is 2.17 bits per heavy atom. The summed E-state index contributed by atoms with van der Waals surface area (Å²) in [6.07, 6.45) is 0.646. The molecule has 0 aliphatic heterocycles. The van der Waals surface area contributed by atoms with Crippen LogP contribution in [0.5, 0.6) is 0 Å². The van der Waals surface area contributed by atoms with E-state index in [1.165, 1.54) is 11.8 Å². The van der Waals surface area contributed by atoms with Crippen molar-refractivity contribution in [2.45, 2.75) is 30.7 Å². The summed E-state index contributed by atoms with van der Waals surface area (Å²) in [4.78, 5) is 16.6. The van der Waals surface area contributed by atoms with Gasteiger partial charge in [-0.2, -0.15) is 0 Å². The third kappa shape index (κ3) is 3.12. The number of fused-ring (bicyclic) bond motifs is 3. The molecule has 0 aliphatic carbocycles. The minimum Gasteiger partial charge on any atom is -0.465 e. The summed E-state index contributed by atoms with van der Waals surface area (Å²) >= 11 is 4.77. The molecule has 0 aliphatic rings. The first-order valence-electron chi connectivity index (χ1n) is 7.66. The van der Waals surface area contributed by atoms with Gasteiger partial charge in [0.1, 0.15) is 10.8 Å². The molecule has 0 amide bonds. The largest absolute Gasteiger partial charge is 0.465 e. The Kier molecular flexibility index (Phi) is 5.05. The minimum absolute atomic E-state index is 0.241. The lowest BCUT2D eigenvalue weighted by Gasteiger charge is -2.11. The average Bonchev–Trinajstić information content (AvgIpc) is 2.84. The van der Waals surface area contributed by atoms with Gasteiger partial charge in [-0.1, -0.05) is 34.6 Å². The van der Waals surface area contributed by atoms with Crippen LogP contribution in [0.1, 0.15) is 20.3 Å². The number of carbonyl (C=O) groups excluding carboxylic acids is 1. The monoisotopic (exact) mass is 408 g/mol. The van der Waals surface area contributed by atoms with Crippen molar-refractivity contribution in [2.75, 3.05) is 6.61 Å². The van der Waals surface area contributed by atoms with E-state index in [9.17, 15) is 4.79 Å².